The Labute approximate surface area is 113 Å². The van der Waals surface area contributed by atoms with Crippen LogP contribution in [0.1, 0.15) is 10.4 Å². The maximum atomic E-state index is 11.3. The lowest BCUT2D eigenvalue weighted by atomic mass is 10.2. The van der Waals surface area contributed by atoms with Gasteiger partial charge in [0.2, 0.25) is 0 Å². The van der Waals surface area contributed by atoms with Crippen LogP contribution in [0.25, 0.3) is 0 Å². The van der Waals surface area contributed by atoms with Crippen LogP contribution in [-0.2, 0) is 4.74 Å². The zero-order chi connectivity index (χ0) is 13.7. The number of esters is 1. The Morgan fingerprint density at radius 1 is 1.47 bits per heavy atom. The van der Waals surface area contributed by atoms with Gasteiger partial charge in [0.1, 0.15) is 0 Å². The zero-order valence-electron chi connectivity index (χ0n) is 11.5. The number of piperazine rings is 1. The van der Waals surface area contributed by atoms with Crippen molar-refractivity contribution < 1.29 is 9.53 Å². The van der Waals surface area contributed by atoms with Crippen LogP contribution in [0, 0.1) is 0 Å². The highest BCUT2D eigenvalue weighted by molar-refractivity contribution is 5.89. The molecule has 2 N–H and O–H groups in total. The molecule has 5 heteroatoms. The second-order valence-corrected chi connectivity index (χ2v) is 4.86. The van der Waals surface area contributed by atoms with E-state index >= 15 is 0 Å². The van der Waals surface area contributed by atoms with Crippen LogP contribution in [0.4, 0.5) is 5.69 Å². The lowest BCUT2D eigenvalue weighted by Crippen LogP contribution is -2.51. The molecule has 2 rings (SSSR count). The molecule has 1 aromatic carbocycles. The topological polar surface area (TPSA) is 53.6 Å². The van der Waals surface area contributed by atoms with Crippen LogP contribution < -0.4 is 10.6 Å². The van der Waals surface area contributed by atoms with Crippen LogP contribution >= 0.6 is 0 Å². The molecule has 0 saturated carbocycles. The van der Waals surface area contributed by atoms with Crippen molar-refractivity contribution in [2.24, 2.45) is 0 Å². The van der Waals surface area contributed by atoms with E-state index in [0.29, 0.717) is 11.6 Å². The maximum absolute atomic E-state index is 11.3. The van der Waals surface area contributed by atoms with E-state index in [1.54, 1.807) is 12.1 Å². The molecule has 0 aromatic heterocycles. The average molecular weight is 263 g/mol. The highest BCUT2D eigenvalue weighted by Gasteiger charge is 2.15. The summed E-state index contributed by atoms with van der Waals surface area (Å²) in [4.78, 5) is 13.6. The van der Waals surface area contributed by atoms with E-state index in [1.165, 1.54) is 7.11 Å². The molecule has 0 radical (unpaired) electrons. The van der Waals surface area contributed by atoms with Crippen molar-refractivity contribution in [2.75, 3.05) is 45.7 Å². The van der Waals surface area contributed by atoms with Crippen LogP contribution in [-0.4, -0.2) is 57.2 Å². The fourth-order valence-electron chi connectivity index (χ4n) is 2.21. The Balaban J connectivity index is 1.84. The molecular weight excluding hydrogens is 242 g/mol. The summed E-state index contributed by atoms with van der Waals surface area (Å²) in [6.45, 7) is 4.06. The number of nitrogens with zero attached hydrogens (tertiary/aromatic N) is 1. The summed E-state index contributed by atoms with van der Waals surface area (Å²) >= 11 is 0. The van der Waals surface area contributed by atoms with E-state index in [4.69, 9.17) is 0 Å². The fourth-order valence-corrected chi connectivity index (χ4v) is 2.21. The SMILES string of the molecule is COC(=O)c1ccc(NCC2CN(C)CCN2)cc1. The highest BCUT2D eigenvalue weighted by atomic mass is 16.5. The van der Waals surface area contributed by atoms with Crippen molar-refractivity contribution in [3.05, 3.63) is 29.8 Å². The number of carbonyl (C=O) groups excluding carboxylic acids is 1. The number of benzene rings is 1. The second-order valence-electron chi connectivity index (χ2n) is 4.86. The first-order valence-electron chi connectivity index (χ1n) is 6.53. The summed E-state index contributed by atoms with van der Waals surface area (Å²) in [6.07, 6.45) is 0. The highest BCUT2D eigenvalue weighted by Crippen LogP contribution is 2.10. The predicted octanol–water partition coefficient (Wildman–Crippen LogP) is 0.789. The summed E-state index contributed by atoms with van der Waals surface area (Å²) in [7, 11) is 3.53. The van der Waals surface area contributed by atoms with Gasteiger partial charge in [0, 0.05) is 37.9 Å². The van der Waals surface area contributed by atoms with Gasteiger partial charge in [0.05, 0.1) is 12.7 Å². The quantitative estimate of drug-likeness (QED) is 0.787. The molecule has 0 amide bonds. The molecule has 19 heavy (non-hydrogen) atoms. The molecule has 104 valence electrons. The maximum Gasteiger partial charge on any atom is 0.337 e. The van der Waals surface area contributed by atoms with Crippen LogP contribution in [0.5, 0.6) is 0 Å². The number of methoxy groups -OCH3 is 1. The number of hydrogen-bond donors (Lipinski definition) is 2. The van der Waals surface area contributed by atoms with Crippen molar-refractivity contribution in [1.29, 1.82) is 0 Å². The minimum atomic E-state index is -0.304. The molecule has 1 saturated heterocycles. The second kappa shape index (κ2) is 6.54. The number of anilines is 1. The van der Waals surface area contributed by atoms with E-state index in [9.17, 15) is 4.79 Å². The number of ether oxygens (including phenoxy) is 1. The minimum absolute atomic E-state index is 0.304. The lowest BCUT2D eigenvalue weighted by Gasteiger charge is -2.31. The monoisotopic (exact) mass is 263 g/mol. The molecule has 1 heterocycles. The normalized spacial score (nSPS) is 20.0. The number of nitrogens with one attached hydrogen (secondary N) is 2. The smallest absolute Gasteiger partial charge is 0.337 e. The lowest BCUT2D eigenvalue weighted by molar-refractivity contribution is 0.0601. The van der Waals surface area contributed by atoms with Gasteiger partial charge < -0.3 is 20.3 Å². The van der Waals surface area contributed by atoms with Gasteiger partial charge in [-0.25, -0.2) is 4.79 Å². The number of likely N-dealkylation sites (N-methyl/N-ethyl adjacent to an activating group) is 1. The Morgan fingerprint density at radius 3 is 2.84 bits per heavy atom. The van der Waals surface area contributed by atoms with Crippen LogP contribution in [0.2, 0.25) is 0 Å². The molecule has 1 aliphatic heterocycles. The van der Waals surface area contributed by atoms with Crippen molar-refractivity contribution in [1.82, 2.24) is 10.2 Å². The average Bonchev–Trinajstić information content (AvgIpc) is 2.45. The van der Waals surface area contributed by atoms with Gasteiger partial charge in [-0.05, 0) is 31.3 Å². The number of rotatable bonds is 4. The third-order valence-electron chi connectivity index (χ3n) is 3.32. The van der Waals surface area contributed by atoms with E-state index in [2.05, 4.69) is 27.3 Å². The van der Waals surface area contributed by atoms with Gasteiger partial charge >= 0.3 is 5.97 Å². The molecule has 1 atom stereocenters. The first-order valence-corrected chi connectivity index (χ1v) is 6.53. The van der Waals surface area contributed by atoms with E-state index < -0.39 is 0 Å². The number of carbonyl (C=O) groups is 1. The fraction of sp³-hybridized carbons (Fsp3) is 0.500. The first-order chi connectivity index (χ1) is 9.19. The number of hydrogen-bond acceptors (Lipinski definition) is 5. The van der Waals surface area contributed by atoms with E-state index in [0.717, 1.165) is 31.9 Å². The van der Waals surface area contributed by atoms with Gasteiger partial charge in [0.25, 0.3) is 0 Å². The molecule has 1 fully saturated rings. The van der Waals surface area contributed by atoms with Crippen LogP contribution in [0.3, 0.4) is 0 Å². The third kappa shape index (κ3) is 3.94. The predicted molar refractivity (Wildman–Crippen MR) is 75.6 cm³/mol. The summed E-state index contributed by atoms with van der Waals surface area (Å²) in [5.74, 6) is -0.304. The van der Waals surface area contributed by atoms with Gasteiger partial charge in [0.15, 0.2) is 0 Å². The summed E-state index contributed by atoms with van der Waals surface area (Å²) in [5.41, 5.74) is 1.59. The van der Waals surface area contributed by atoms with Crippen molar-refractivity contribution in [3.8, 4) is 0 Å². The first kappa shape index (κ1) is 13.8. The molecule has 1 aromatic rings. The molecule has 1 aliphatic rings. The van der Waals surface area contributed by atoms with Gasteiger partial charge in [-0.3, -0.25) is 0 Å². The van der Waals surface area contributed by atoms with Gasteiger partial charge in [-0.1, -0.05) is 0 Å². The largest absolute Gasteiger partial charge is 0.465 e. The molecule has 0 bridgehead atoms. The zero-order valence-corrected chi connectivity index (χ0v) is 11.5. The van der Waals surface area contributed by atoms with Crippen LogP contribution in [0.15, 0.2) is 24.3 Å². The summed E-state index contributed by atoms with van der Waals surface area (Å²) in [6, 6.07) is 7.81. The Kier molecular flexibility index (Phi) is 4.76. The molecule has 0 aliphatic carbocycles. The van der Waals surface area contributed by atoms with Gasteiger partial charge in [-0.15, -0.1) is 0 Å². The summed E-state index contributed by atoms with van der Waals surface area (Å²) < 4.78 is 4.67. The van der Waals surface area contributed by atoms with Crippen molar-refractivity contribution >= 4 is 11.7 Å². The van der Waals surface area contributed by atoms with Crippen molar-refractivity contribution in [2.45, 2.75) is 6.04 Å². The van der Waals surface area contributed by atoms with E-state index in [1.807, 2.05) is 12.1 Å². The molecular formula is C14H21N3O2. The molecule has 0 spiro atoms. The summed E-state index contributed by atoms with van der Waals surface area (Å²) in [5, 5.41) is 6.86. The van der Waals surface area contributed by atoms with Crippen molar-refractivity contribution in [3.63, 3.8) is 0 Å². The van der Waals surface area contributed by atoms with Gasteiger partial charge in [-0.2, -0.15) is 0 Å². The Hall–Kier alpha value is -1.59. The third-order valence-corrected chi connectivity index (χ3v) is 3.32. The minimum Gasteiger partial charge on any atom is -0.465 e. The Morgan fingerprint density at radius 2 is 2.21 bits per heavy atom. The van der Waals surface area contributed by atoms with E-state index in [-0.39, 0.29) is 5.97 Å². The molecule has 1 unspecified atom stereocenters. The Bertz CT molecular complexity index is 419. The molecule has 5 nitrogen and oxygen atoms in total. The standard InChI is InChI=1S/C14H21N3O2/c1-17-8-7-15-13(10-17)9-16-12-5-3-11(4-6-12)14(18)19-2/h3-6,13,15-16H,7-10H2,1-2H3.